The first-order valence-corrected chi connectivity index (χ1v) is 6.86. The lowest BCUT2D eigenvalue weighted by Crippen LogP contribution is -2.25. The maximum absolute atomic E-state index is 11.0. The van der Waals surface area contributed by atoms with Gasteiger partial charge in [-0.3, -0.25) is 4.79 Å². The summed E-state index contributed by atoms with van der Waals surface area (Å²) < 4.78 is 0. The van der Waals surface area contributed by atoms with Gasteiger partial charge in [-0.15, -0.1) is 0 Å². The molecule has 3 rings (SSSR count). The summed E-state index contributed by atoms with van der Waals surface area (Å²) in [6.45, 7) is 1.54. The molecule has 0 aliphatic heterocycles. The molecular formula is C15H20N2O. The van der Waals surface area contributed by atoms with Crippen molar-refractivity contribution in [3.63, 3.8) is 0 Å². The quantitative estimate of drug-likeness (QED) is 0.857. The molecule has 0 saturated heterocycles. The van der Waals surface area contributed by atoms with Crippen LogP contribution in [0, 0.1) is 11.8 Å². The van der Waals surface area contributed by atoms with Crippen LogP contribution in [0.1, 0.15) is 32.6 Å². The smallest absolute Gasteiger partial charge is 0.221 e. The van der Waals surface area contributed by atoms with Gasteiger partial charge in [-0.05, 0) is 42.9 Å². The molecule has 2 saturated carbocycles. The molecule has 3 nitrogen and oxygen atoms in total. The van der Waals surface area contributed by atoms with Crippen molar-refractivity contribution in [2.45, 2.75) is 38.6 Å². The van der Waals surface area contributed by atoms with E-state index >= 15 is 0 Å². The van der Waals surface area contributed by atoms with Crippen molar-refractivity contribution in [3.8, 4) is 0 Å². The first kappa shape index (κ1) is 11.6. The van der Waals surface area contributed by atoms with E-state index < -0.39 is 0 Å². The van der Waals surface area contributed by atoms with Gasteiger partial charge in [0.15, 0.2) is 0 Å². The Morgan fingerprint density at radius 3 is 2.94 bits per heavy atom. The highest BCUT2D eigenvalue weighted by Gasteiger charge is 2.44. The van der Waals surface area contributed by atoms with Crippen LogP contribution < -0.4 is 10.6 Å². The molecule has 18 heavy (non-hydrogen) atoms. The summed E-state index contributed by atoms with van der Waals surface area (Å²) in [5, 5.41) is 6.46. The van der Waals surface area contributed by atoms with Crippen LogP contribution in [0.4, 0.5) is 11.4 Å². The number of amides is 1. The van der Waals surface area contributed by atoms with E-state index in [9.17, 15) is 4.79 Å². The van der Waals surface area contributed by atoms with Gasteiger partial charge in [0, 0.05) is 24.3 Å². The molecule has 96 valence electrons. The van der Waals surface area contributed by atoms with Crippen molar-refractivity contribution in [1.82, 2.24) is 0 Å². The fourth-order valence-corrected chi connectivity index (χ4v) is 3.19. The SMILES string of the molecule is CC(=O)Nc1cccc(NC2CCC[C@@H]3C[C@H]23)c1. The summed E-state index contributed by atoms with van der Waals surface area (Å²) in [6, 6.07) is 8.65. The normalized spacial score (nSPS) is 29.3. The number of hydrogen-bond acceptors (Lipinski definition) is 2. The van der Waals surface area contributed by atoms with E-state index in [1.165, 1.54) is 32.6 Å². The summed E-state index contributed by atoms with van der Waals surface area (Å²) in [7, 11) is 0. The second-order valence-corrected chi connectivity index (χ2v) is 5.60. The number of carbonyl (C=O) groups excluding carboxylic acids is 1. The number of anilines is 2. The maximum Gasteiger partial charge on any atom is 0.221 e. The van der Waals surface area contributed by atoms with E-state index in [4.69, 9.17) is 0 Å². The minimum absolute atomic E-state index is 0.0212. The number of fused-ring (bicyclic) bond motifs is 1. The molecule has 0 radical (unpaired) electrons. The van der Waals surface area contributed by atoms with Gasteiger partial charge >= 0.3 is 0 Å². The molecule has 1 aromatic rings. The van der Waals surface area contributed by atoms with Gasteiger partial charge < -0.3 is 10.6 Å². The van der Waals surface area contributed by atoms with E-state index in [0.29, 0.717) is 6.04 Å². The van der Waals surface area contributed by atoms with Crippen LogP contribution in [0.3, 0.4) is 0 Å². The molecule has 1 unspecified atom stereocenters. The van der Waals surface area contributed by atoms with Crippen molar-refractivity contribution in [1.29, 1.82) is 0 Å². The van der Waals surface area contributed by atoms with Crippen LogP contribution >= 0.6 is 0 Å². The van der Waals surface area contributed by atoms with Crippen molar-refractivity contribution >= 4 is 17.3 Å². The lowest BCUT2D eigenvalue weighted by atomic mass is 9.95. The predicted octanol–water partition coefficient (Wildman–Crippen LogP) is 3.25. The molecule has 0 spiro atoms. The predicted molar refractivity (Wildman–Crippen MR) is 73.6 cm³/mol. The van der Waals surface area contributed by atoms with Gasteiger partial charge in [0.1, 0.15) is 0 Å². The van der Waals surface area contributed by atoms with Crippen LogP contribution in [-0.4, -0.2) is 11.9 Å². The van der Waals surface area contributed by atoms with Crippen molar-refractivity contribution < 1.29 is 4.79 Å². The number of carbonyl (C=O) groups is 1. The third-order valence-electron chi connectivity index (χ3n) is 4.12. The molecule has 3 heteroatoms. The third kappa shape index (κ3) is 2.50. The molecule has 0 aromatic heterocycles. The molecular weight excluding hydrogens is 224 g/mol. The van der Waals surface area contributed by atoms with Gasteiger partial charge in [-0.1, -0.05) is 18.9 Å². The summed E-state index contributed by atoms with van der Waals surface area (Å²) in [5.41, 5.74) is 1.99. The first-order chi connectivity index (χ1) is 8.72. The minimum Gasteiger partial charge on any atom is -0.382 e. The van der Waals surface area contributed by atoms with E-state index in [-0.39, 0.29) is 5.91 Å². The fourth-order valence-electron chi connectivity index (χ4n) is 3.19. The standard InChI is InChI=1S/C15H20N2O/c1-10(18)16-12-5-3-6-13(9-12)17-15-7-2-4-11-8-14(11)15/h3,5-6,9,11,14-15,17H,2,4,7-8H2,1H3,(H,16,18)/t11-,14+,15?/m1/s1. The Hall–Kier alpha value is -1.51. The summed E-state index contributed by atoms with van der Waals surface area (Å²) in [6.07, 6.45) is 5.47. The van der Waals surface area contributed by atoms with Crippen LogP contribution in [0.5, 0.6) is 0 Å². The second kappa shape index (κ2) is 4.63. The Morgan fingerprint density at radius 2 is 2.11 bits per heavy atom. The van der Waals surface area contributed by atoms with E-state index in [1.54, 1.807) is 0 Å². The van der Waals surface area contributed by atoms with Gasteiger partial charge in [0.2, 0.25) is 5.91 Å². The van der Waals surface area contributed by atoms with E-state index in [1.807, 2.05) is 18.2 Å². The topological polar surface area (TPSA) is 41.1 Å². The van der Waals surface area contributed by atoms with Gasteiger partial charge in [0.05, 0.1) is 0 Å². The zero-order valence-corrected chi connectivity index (χ0v) is 10.8. The first-order valence-electron chi connectivity index (χ1n) is 6.86. The van der Waals surface area contributed by atoms with Crippen LogP contribution in [0.2, 0.25) is 0 Å². The largest absolute Gasteiger partial charge is 0.382 e. The monoisotopic (exact) mass is 244 g/mol. The second-order valence-electron chi connectivity index (χ2n) is 5.60. The molecule has 1 amide bonds. The molecule has 2 N–H and O–H groups in total. The maximum atomic E-state index is 11.0. The Balaban J connectivity index is 1.66. The molecule has 1 aromatic carbocycles. The lowest BCUT2D eigenvalue weighted by molar-refractivity contribution is -0.114. The number of benzene rings is 1. The molecule has 0 heterocycles. The molecule has 0 bridgehead atoms. The average Bonchev–Trinajstić information content (AvgIpc) is 3.08. The van der Waals surface area contributed by atoms with Gasteiger partial charge in [-0.25, -0.2) is 0 Å². The fraction of sp³-hybridized carbons (Fsp3) is 0.533. The number of rotatable bonds is 3. The summed E-state index contributed by atoms with van der Waals surface area (Å²) in [5.74, 6) is 1.85. The third-order valence-corrected chi connectivity index (χ3v) is 4.12. The zero-order chi connectivity index (χ0) is 12.5. The molecule has 2 fully saturated rings. The van der Waals surface area contributed by atoms with Crippen LogP contribution in [0.15, 0.2) is 24.3 Å². The average molecular weight is 244 g/mol. The van der Waals surface area contributed by atoms with Crippen molar-refractivity contribution in [2.75, 3.05) is 10.6 Å². The molecule has 2 aliphatic carbocycles. The lowest BCUT2D eigenvalue weighted by Gasteiger charge is -2.24. The van der Waals surface area contributed by atoms with Crippen molar-refractivity contribution in [2.24, 2.45) is 11.8 Å². The van der Waals surface area contributed by atoms with Crippen LogP contribution in [0.25, 0.3) is 0 Å². The highest BCUT2D eigenvalue weighted by atomic mass is 16.1. The zero-order valence-electron chi connectivity index (χ0n) is 10.8. The summed E-state index contributed by atoms with van der Waals surface area (Å²) in [4.78, 5) is 11.0. The summed E-state index contributed by atoms with van der Waals surface area (Å²) >= 11 is 0. The molecule has 3 atom stereocenters. The minimum atomic E-state index is -0.0212. The number of nitrogens with one attached hydrogen (secondary N) is 2. The van der Waals surface area contributed by atoms with E-state index in [0.717, 1.165) is 23.2 Å². The Morgan fingerprint density at radius 1 is 1.28 bits per heavy atom. The van der Waals surface area contributed by atoms with Gasteiger partial charge in [0.25, 0.3) is 0 Å². The Bertz CT molecular complexity index is 458. The Labute approximate surface area is 108 Å². The van der Waals surface area contributed by atoms with Crippen molar-refractivity contribution in [3.05, 3.63) is 24.3 Å². The number of hydrogen-bond donors (Lipinski definition) is 2. The van der Waals surface area contributed by atoms with Gasteiger partial charge in [-0.2, -0.15) is 0 Å². The molecule has 2 aliphatic rings. The van der Waals surface area contributed by atoms with Crippen LogP contribution in [-0.2, 0) is 4.79 Å². The Kier molecular flexibility index (Phi) is 2.98. The van der Waals surface area contributed by atoms with E-state index in [2.05, 4.69) is 16.7 Å². The highest BCUT2D eigenvalue weighted by molar-refractivity contribution is 5.89. The highest BCUT2D eigenvalue weighted by Crippen LogP contribution is 2.50.